The van der Waals surface area contributed by atoms with Gasteiger partial charge in [0, 0.05) is 23.9 Å². The Bertz CT molecular complexity index is 1240. The molecule has 178 valence electrons. The zero-order chi connectivity index (χ0) is 24.7. The number of carbonyl (C=O) groups excluding carboxylic acids is 2. The molecule has 2 amide bonds. The summed E-state index contributed by atoms with van der Waals surface area (Å²) in [5, 5.41) is 11.0. The number of aromatic nitrogens is 2. The van der Waals surface area contributed by atoms with E-state index in [9.17, 15) is 23.6 Å². The van der Waals surface area contributed by atoms with Gasteiger partial charge >= 0.3 is 11.2 Å². The van der Waals surface area contributed by atoms with Crippen LogP contribution in [0.4, 0.5) is 8.78 Å². The number of thioether (sulfide) groups is 1. The molecule has 0 aliphatic carbocycles. The molecule has 0 bridgehead atoms. The highest BCUT2D eigenvalue weighted by Gasteiger charge is 2.42. The number of halogens is 3. The van der Waals surface area contributed by atoms with E-state index in [2.05, 4.69) is 32.3 Å². The zero-order valence-corrected chi connectivity index (χ0v) is 20.4. The molecular weight excluding hydrogens is 532 g/mol. The summed E-state index contributed by atoms with van der Waals surface area (Å²) in [6.45, 7) is 2.18. The van der Waals surface area contributed by atoms with E-state index < -0.39 is 23.6 Å². The number of hydrogen-bond acceptors (Lipinski definition) is 6. The molecule has 0 fully saturated rings. The quantitative estimate of drug-likeness (QED) is 0.294. The maximum Gasteiger partial charge on any atom is 0.377 e. The summed E-state index contributed by atoms with van der Waals surface area (Å²) >= 11 is 3.27. The van der Waals surface area contributed by atoms with Crippen LogP contribution in [0.2, 0.25) is 0 Å². The Morgan fingerprint density at radius 2 is 1.97 bits per heavy atom. The lowest BCUT2D eigenvalue weighted by molar-refractivity contribution is -0.136. The van der Waals surface area contributed by atoms with Gasteiger partial charge in [0.25, 0.3) is 0 Å². The van der Waals surface area contributed by atoms with Crippen LogP contribution in [0.3, 0.4) is 0 Å². The molecule has 0 radical (unpaired) electrons. The Hall–Kier alpha value is -3.01. The molecule has 2 N–H and O–H groups in total. The van der Waals surface area contributed by atoms with Gasteiger partial charge in [-0.2, -0.15) is 14.0 Å². The van der Waals surface area contributed by atoms with E-state index >= 15 is 0 Å². The first-order chi connectivity index (χ1) is 16.3. The van der Waals surface area contributed by atoms with Crippen molar-refractivity contribution in [3.05, 3.63) is 52.8 Å². The molecule has 1 heterocycles. The van der Waals surface area contributed by atoms with Crippen LogP contribution in [0.25, 0.3) is 16.5 Å². The summed E-state index contributed by atoms with van der Waals surface area (Å²) < 4.78 is 36.3. The second-order valence-corrected chi connectivity index (χ2v) is 8.73. The van der Waals surface area contributed by atoms with Crippen LogP contribution >= 0.6 is 27.7 Å². The van der Waals surface area contributed by atoms with Gasteiger partial charge in [0.1, 0.15) is 4.60 Å². The number of benzene rings is 2. The molecule has 0 aliphatic heterocycles. The van der Waals surface area contributed by atoms with E-state index in [1.54, 1.807) is 43.3 Å². The number of nitrogens with one attached hydrogen (secondary N) is 2. The highest BCUT2D eigenvalue weighted by molar-refractivity contribution is 9.10. The van der Waals surface area contributed by atoms with Crippen molar-refractivity contribution < 1.29 is 23.1 Å². The number of alkyl halides is 2. The third-order valence-corrected chi connectivity index (χ3v) is 6.09. The van der Waals surface area contributed by atoms with Gasteiger partial charge in [0.15, 0.2) is 5.16 Å². The minimum atomic E-state index is -3.91. The molecule has 1 aromatic heterocycles. The highest BCUT2D eigenvalue weighted by Crippen LogP contribution is 2.39. The summed E-state index contributed by atoms with van der Waals surface area (Å²) in [5.74, 6) is -2.23. The first kappa shape index (κ1) is 25.6. The van der Waals surface area contributed by atoms with Crippen molar-refractivity contribution in [1.29, 1.82) is 5.26 Å². The lowest BCUT2D eigenvalue weighted by atomic mass is 10.0. The maximum atomic E-state index is 14.7. The van der Waals surface area contributed by atoms with Gasteiger partial charge in [0.05, 0.1) is 36.7 Å². The summed E-state index contributed by atoms with van der Waals surface area (Å²) in [4.78, 5) is 27.9. The third-order valence-electron chi connectivity index (χ3n) is 4.61. The lowest BCUT2D eigenvalue weighted by Crippen LogP contribution is -2.44. The molecule has 3 aromatic rings. The Kier molecular flexibility index (Phi) is 8.60. The average molecular weight is 552 g/mol. The predicted molar refractivity (Wildman–Crippen MR) is 127 cm³/mol. The van der Waals surface area contributed by atoms with Crippen LogP contribution in [-0.2, 0) is 14.3 Å². The standard InChI is InChI=1S/C22H20BrF2N5O3S/c1-2-33-10-9-27-19(31)13-28-20(32)22(24,25)34-21-29-12-18(23)30(21)17-8-7-14(11-26)15-5-3-4-6-16(15)17/h3-8,12H,2,9-10,13H2,1H3,(H,27,31)(H,28,32). The topological polar surface area (TPSA) is 109 Å². The Balaban J connectivity index is 1.78. The fourth-order valence-electron chi connectivity index (χ4n) is 3.07. The van der Waals surface area contributed by atoms with Crippen molar-refractivity contribution in [2.45, 2.75) is 17.3 Å². The molecule has 0 saturated heterocycles. The van der Waals surface area contributed by atoms with Crippen molar-refractivity contribution in [2.24, 2.45) is 0 Å². The molecule has 0 saturated carbocycles. The number of nitriles is 1. The van der Waals surface area contributed by atoms with Gasteiger partial charge in [-0.15, -0.1) is 0 Å². The Morgan fingerprint density at radius 1 is 1.24 bits per heavy atom. The normalized spacial score (nSPS) is 11.3. The van der Waals surface area contributed by atoms with Gasteiger partial charge in [0.2, 0.25) is 5.91 Å². The van der Waals surface area contributed by atoms with Gasteiger partial charge in [-0.05, 0) is 46.7 Å². The van der Waals surface area contributed by atoms with Crippen molar-refractivity contribution in [3.63, 3.8) is 0 Å². The molecule has 2 aromatic carbocycles. The van der Waals surface area contributed by atoms with Crippen LogP contribution < -0.4 is 10.6 Å². The van der Waals surface area contributed by atoms with Crippen LogP contribution in [0.15, 0.2) is 52.4 Å². The first-order valence-electron chi connectivity index (χ1n) is 10.1. The van der Waals surface area contributed by atoms with Crippen LogP contribution in [-0.4, -0.2) is 52.9 Å². The minimum absolute atomic E-state index is 0.0493. The van der Waals surface area contributed by atoms with Crippen molar-refractivity contribution >= 4 is 50.3 Å². The van der Waals surface area contributed by atoms with Gasteiger partial charge < -0.3 is 15.4 Å². The lowest BCUT2D eigenvalue weighted by Gasteiger charge is -2.17. The molecule has 0 aliphatic rings. The summed E-state index contributed by atoms with van der Waals surface area (Å²) in [6, 6.07) is 12.4. The van der Waals surface area contributed by atoms with Crippen molar-refractivity contribution in [1.82, 2.24) is 20.2 Å². The number of ether oxygens (including phenoxy) is 1. The molecule has 0 atom stereocenters. The molecule has 0 unspecified atom stereocenters. The largest absolute Gasteiger partial charge is 0.380 e. The van der Waals surface area contributed by atoms with Crippen LogP contribution in [0.5, 0.6) is 0 Å². The van der Waals surface area contributed by atoms with Gasteiger partial charge in [-0.3, -0.25) is 14.2 Å². The SMILES string of the molecule is CCOCCNC(=O)CNC(=O)C(F)(F)Sc1ncc(Br)n1-c1ccc(C#N)c2ccccc12. The van der Waals surface area contributed by atoms with E-state index in [4.69, 9.17) is 4.74 Å². The van der Waals surface area contributed by atoms with E-state index in [0.29, 0.717) is 33.2 Å². The first-order valence-corrected chi connectivity index (χ1v) is 11.7. The van der Waals surface area contributed by atoms with E-state index in [-0.39, 0.29) is 30.1 Å². The van der Waals surface area contributed by atoms with Crippen molar-refractivity contribution in [3.8, 4) is 11.8 Å². The molecule has 0 spiro atoms. The molecular formula is C22H20BrF2N5O3S. The van der Waals surface area contributed by atoms with Crippen molar-refractivity contribution in [2.75, 3.05) is 26.3 Å². The average Bonchev–Trinajstić information content (AvgIpc) is 3.18. The fraction of sp³-hybridized carbons (Fsp3) is 0.273. The fourth-order valence-corrected chi connectivity index (χ4v) is 4.44. The van der Waals surface area contributed by atoms with E-state index in [1.165, 1.54) is 10.8 Å². The number of hydrogen-bond donors (Lipinski definition) is 2. The van der Waals surface area contributed by atoms with E-state index in [0.717, 1.165) is 0 Å². The number of nitrogens with zero attached hydrogens (tertiary/aromatic N) is 3. The Morgan fingerprint density at radius 3 is 2.68 bits per heavy atom. The molecule has 8 nitrogen and oxygen atoms in total. The monoisotopic (exact) mass is 551 g/mol. The van der Waals surface area contributed by atoms with Gasteiger partial charge in [-0.1, -0.05) is 24.3 Å². The summed E-state index contributed by atoms with van der Waals surface area (Å²) in [7, 11) is 0. The van der Waals surface area contributed by atoms with E-state index in [1.807, 2.05) is 5.32 Å². The van der Waals surface area contributed by atoms with Gasteiger partial charge in [-0.25, -0.2) is 4.98 Å². The van der Waals surface area contributed by atoms with Crippen LogP contribution in [0, 0.1) is 11.3 Å². The number of fused-ring (bicyclic) bond motifs is 1. The number of imidazole rings is 1. The highest BCUT2D eigenvalue weighted by atomic mass is 79.9. The summed E-state index contributed by atoms with van der Waals surface area (Å²) in [6.07, 6.45) is 1.34. The molecule has 34 heavy (non-hydrogen) atoms. The molecule has 3 rings (SSSR count). The predicted octanol–water partition coefficient (Wildman–Crippen LogP) is 3.61. The smallest absolute Gasteiger partial charge is 0.377 e. The second-order valence-electron chi connectivity index (χ2n) is 6.84. The number of rotatable bonds is 10. The third kappa shape index (κ3) is 5.91. The minimum Gasteiger partial charge on any atom is -0.380 e. The van der Waals surface area contributed by atoms with Crippen LogP contribution in [0.1, 0.15) is 12.5 Å². The number of amides is 2. The Labute approximate surface area is 206 Å². The molecule has 12 heteroatoms. The second kappa shape index (κ2) is 11.4. The summed E-state index contributed by atoms with van der Waals surface area (Å²) in [5.41, 5.74) is 0.945. The zero-order valence-electron chi connectivity index (χ0n) is 18.0. The maximum absolute atomic E-state index is 14.7. The number of carbonyl (C=O) groups is 2.